The van der Waals surface area contributed by atoms with Gasteiger partial charge in [-0.1, -0.05) is 39.6 Å². The summed E-state index contributed by atoms with van der Waals surface area (Å²) >= 11 is 0. The number of hydrogen-bond donors (Lipinski definition) is 0. The van der Waals surface area contributed by atoms with Crippen LogP contribution in [-0.2, 0) is 7.05 Å². The van der Waals surface area contributed by atoms with Crippen molar-refractivity contribution in [1.82, 2.24) is 0 Å². The van der Waals surface area contributed by atoms with Crippen LogP contribution in [0.4, 0.5) is 4.39 Å². The quantitative estimate of drug-likeness (QED) is 0.195. The first-order valence-electron chi connectivity index (χ1n) is 12.8. The van der Waals surface area contributed by atoms with Gasteiger partial charge >= 0.3 is 0 Å². The molecule has 2 nitrogen and oxygen atoms in total. The highest BCUT2D eigenvalue weighted by atomic mass is 28.3. The fourth-order valence-corrected chi connectivity index (χ4v) is 6.45. The van der Waals surface area contributed by atoms with Gasteiger partial charge in [-0.05, 0) is 65.9 Å². The highest BCUT2D eigenvalue weighted by Gasteiger charge is 2.29. The first-order valence-corrected chi connectivity index (χ1v) is 15.3. The Morgan fingerprint density at radius 1 is 1.00 bits per heavy atom. The molecule has 2 aromatic heterocycles. The van der Waals surface area contributed by atoms with Crippen LogP contribution in [0.3, 0.4) is 0 Å². The Bertz CT molecular complexity index is 1710. The Balaban J connectivity index is 1.99. The Morgan fingerprint density at radius 3 is 2.41 bits per heavy atom. The number of furan rings is 1. The number of fused-ring (bicyclic) bond motifs is 4. The number of halogens is 1. The second-order valence-corrected chi connectivity index (χ2v) is 15.7. The molecule has 0 N–H and O–H groups in total. The summed E-state index contributed by atoms with van der Waals surface area (Å²) < 4.78 is 40.6. The summed E-state index contributed by atoms with van der Waals surface area (Å²) in [5.41, 5.74) is 7.02. The number of benzene rings is 3. The van der Waals surface area contributed by atoms with E-state index in [-0.39, 0.29) is 5.82 Å². The standard InChI is InChI=1S/C30H33FNOSi/c1-17(2)20-9-12-25-24(14-20)28(34(6,7)8)16-26(32(25)5)29-19(4)18(3)13-23-22-11-10-21(31)15-27(22)33-30(23)29/h9-17H,1-8H3/q+1/i16D,17D. The minimum atomic E-state index is -1.99. The molecule has 0 bridgehead atoms. The van der Waals surface area contributed by atoms with Gasteiger partial charge in [0.25, 0.3) is 0 Å². The molecule has 174 valence electrons. The Morgan fingerprint density at radius 2 is 1.74 bits per heavy atom. The molecule has 34 heavy (non-hydrogen) atoms. The highest BCUT2D eigenvalue weighted by molar-refractivity contribution is 6.90. The molecule has 0 unspecified atom stereocenters. The van der Waals surface area contributed by atoms with Crippen molar-refractivity contribution in [2.75, 3.05) is 0 Å². The average molecular weight is 473 g/mol. The van der Waals surface area contributed by atoms with E-state index in [1.165, 1.54) is 12.1 Å². The summed E-state index contributed by atoms with van der Waals surface area (Å²) in [6.45, 7) is 14.8. The molecule has 0 aliphatic rings. The molecule has 0 saturated heterocycles. The van der Waals surface area contributed by atoms with E-state index in [1.807, 2.05) is 27.0 Å². The number of hydrogen-bond acceptors (Lipinski definition) is 1. The molecule has 4 heteroatoms. The van der Waals surface area contributed by atoms with Gasteiger partial charge in [-0.2, -0.15) is 4.57 Å². The Labute approximate surface area is 204 Å². The third kappa shape index (κ3) is 3.47. The number of aryl methyl sites for hydroxylation is 2. The van der Waals surface area contributed by atoms with Crippen LogP contribution in [0.5, 0.6) is 0 Å². The maximum Gasteiger partial charge on any atom is 0.216 e. The van der Waals surface area contributed by atoms with E-state index in [9.17, 15) is 5.76 Å². The zero-order valence-corrected chi connectivity index (χ0v) is 22.3. The molecule has 0 radical (unpaired) electrons. The van der Waals surface area contributed by atoms with Crippen molar-refractivity contribution in [3.63, 3.8) is 0 Å². The molecule has 5 rings (SSSR count). The zero-order valence-electron chi connectivity index (χ0n) is 23.3. The van der Waals surface area contributed by atoms with Crippen molar-refractivity contribution < 1.29 is 16.1 Å². The maximum absolute atomic E-state index is 14.0. The zero-order chi connectivity index (χ0) is 26.3. The smallest absolute Gasteiger partial charge is 0.216 e. The first-order chi connectivity index (χ1) is 16.7. The van der Waals surface area contributed by atoms with Crippen LogP contribution in [0, 0.1) is 19.7 Å². The molecule has 0 aliphatic carbocycles. The van der Waals surface area contributed by atoms with Gasteiger partial charge in [0.05, 0.1) is 15.0 Å². The molecule has 3 aromatic carbocycles. The minimum Gasteiger partial charge on any atom is -0.455 e. The Hall–Kier alpha value is -2.98. The van der Waals surface area contributed by atoms with E-state index in [4.69, 9.17) is 5.79 Å². The van der Waals surface area contributed by atoms with E-state index in [2.05, 4.69) is 56.3 Å². The second kappa shape index (κ2) is 7.77. The lowest BCUT2D eigenvalue weighted by molar-refractivity contribution is -0.633. The summed E-state index contributed by atoms with van der Waals surface area (Å²) in [7, 11) is 0.0135. The van der Waals surface area contributed by atoms with Crippen LogP contribution in [0.2, 0.25) is 19.6 Å². The van der Waals surface area contributed by atoms with Gasteiger partial charge in [-0.3, -0.25) is 0 Å². The molecule has 0 amide bonds. The molecule has 0 atom stereocenters. The SMILES string of the molecule is [2H]c1c([Si](C)(C)C)c2cc(C([2H])(C)C)ccc2[n+](C)c1-c1c(C)c(C)cc2c1oc1cc(F)ccc12. The summed E-state index contributed by atoms with van der Waals surface area (Å²) in [6, 6.07) is 13.5. The lowest BCUT2D eigenvalue weighted by Crippen LogP contribution is -2.43. The summed E-state index contributed by atoms with van der Waals surface area (Å²) in [5, 5.41) is 3.94. The second-order valence-electron chi connectivity index (χ2n) is 10.7. The summed E-state index contributed by atoms with van der Waals surface area (Å²) in [4.78, 5) is 0. The van der Waals surface area contributed by atoms with Gasteiger partial charge in [0.15, 0.2) is 0 Å². The van der Waals surface area contributed by atoms with Crippen molar-refractivity contribution in [3.8, 4) is 11.3 Å². The van der Waals surface area contributed by atoms with Gasteiger partial charge in [0, 0.05) is 35.7 Å². The monoisotopic (exact) mass is 472 g/mol. The van der Waals surface area contributed by atoms with E-state index in [0.717, 1.165) is 54.8 Å². The van der Waals surface area contributed by atoms with Crippen LogP contribution < -0.4 is 9.75 Å². The van der Waals surface area contributed by atoms with Crippen molar-refractivity contribution in [2.24, 2.45) is 7.05 Å². The van der Waals surface area contributed by atoms with Crippen LogP contribution in [0.25, 0.3) is 44.1 Å². The lowest BCUT2D eigenvalue weighted by atomic mass is 9.95. The predicted molar refractivity (Wildman–Crippen MR) is 144 cm³/mol. The van der Waals surface area contributed by atoms with Gasteiger partial charge in [0.1, 0.15) is 24.0 Å². The predicted octanol–water partition coefficient (Wildman–Crippen LogP) is 7.66. The van der Waals surface area contributed by atoms with E-state index < -0.39 is 14.0 Å². The molecule has 5 aromatic rings. The number of pyridine rings is 1. The molecular weight excluding hydrogens is 437 g/mol. The fraction of sp³-hybridized carbons (Fsp3) is 0.300. The molecule has 0 fully saturated rings. The normalized spacial score (nSPS) is 13.7. The lowest BCUT2D eigenvalue weighted by Gasteiger charge is -2.21. The largest absolute Gasteiger partial charge is 0.455 e. The number of aromatic nitrogens is 1. The Kier molecular flexibility index (Phi) is 4.66. The highest BCUT2D eigenvalue weighted by Crippen LogP contribution is 2.39. The minimum absolute atomic E-state index is 0.330. The van der Waals surface area contributed by atoms with Crippen LogP contribution >= 0.6 is 0 Å². The van der Waals surface area contributed by atoms with Crippen LogP contribution in [0.1, 0.15) is 39.2 Å². The molecule has 0 aliphatic heterocycles. The van der Waals surface area contributed by atoms with Gasteiger partial charge in [-0.25, -0.2) is 4.39 Å². The van der Waals surface area contributed by atoms with E-state index in [1.54, 1.807) is 6.07 Å². The average Bonchev–Trinajstić information content (AvgIpc) is 3.11. The maximum atomic E-state index is 14.0. The van der Waals surface area contributed by atoms with E-state index in [0.29, 0.717) is 17.2 Å². The first kappa shape index (κ1) is 20.4. The van der Waals surface area contributed by atoms with Gasteiger partial charge in [0.2, 0.25) is 11.2 Å². The van der Waals surface area contributed by atoms with Crippen LogP contribution in [0.15, 0.2) is 52.9 Å². The third-order valence-electron chi connectivity index (χ3n) is 7.02. The number of nitrogens with zero attached hydrogens (tertiary/aromatic N) is 1. The van der Waals surface area contributed by atoms with Crippen molar-refractivity contribution in [3.05, 3.63) is 71.0 Å². The van der Waals surface area contributed by atoms with Crippen LogP contribution in [-0.4, -0.2) is 8.07 Å². The number of rotatable bonds is 3. The van der Waals surface area contributed by atoms with Crippen molar-refractivity contribution in [1.29, 1.82) is 0 Å². The van der Waals surface area contributed by atoms with Gasteiger partial charge in [-0.15, -0.1) is 0 Å². The van der Waals surface area contributed by atoms with Crippen molar-refractivity contribution >= 4 is 46.1 Å². The fourth-order valence-electron chi connectivity index (χ4n) is 4.95. The van der Waals surface area contributed by atoms with E-state index >= 15 is 0 Å². The van der Waals surface area contributed by atoms with Gasteiger partial charge < -0.3 is 4.42 Å². The summed E-state index contributed by atoms with van der Waals surface area (Å²) in [5.74, 6) is -1.06. The topological polar surface area (TPSA) is 17.0 Å². The molecule has 2 heterocycles. The molecule has 0 spiro atoms. The van der Waals surface area contributed by atoms with Crippen molar-refractivity contribution in [2.45, 2.75) is 53.2 Å². The third-order valence-corrected chi connectivity index (χ3v) is 8.91. The molecular formula is C30H33FNOSi+. The molecule has 0 saturated carbocycles. The summed E-state index contributed by atoms with van der Waals surface area (Å²) in [6.07, 6.45) is 0.